The van der Waals surface area contributed by atoms with Gasteiger partial charge in [-0.2, -0.15) is 0 Å². The molecule has 50 heavy (non-hydrogen) atoms. The van der Waals surface area contributed by atoms with Gasteiger partial charge in [0, 0.05) is 32.9 Å². The molecule has 0 spiro atoms. The fourth-order valence-electron chi connectivity index (χ4n) is 7.27. The summed E-state index contributed by atoms with van der Waals surface area (Å²) in [6.07, 6.45) is 0. The van der Waals surface area contributed by atoms with Crippen molar-refractivity contribution >= 4 is 71.3 Å². The van der Waals surface area contributed by atoms with Gasteiger partial charge in [0.2, 0.25) is 0 Å². The summed E-state index contributed by atoms with van der Waals surface area (Å²) in [5, 5.41) is 6.07. The van der Waals surface area contributed by atoms with Crippen LogP contribution in [-0.4, -0.2) is 0 Å². The van der Waals surface area contributed by atoms with E-state index in [0.717, 1.165) is 65.7 Å². The Morgan fingerprint density at radius 1 is 0.440 bits per heavy atom. The van der Waals surface area contributed by atoms with Gasteiger partial charge < -0.3 is 9.32 Å². The van der Waals surface area contributed by atoms with Gasteiger partial charge in [0.05, 0.1) is 15.3 Å². The number of hydrogen-bond donors (Lipinski definition) is 0. The number of anilines is 3. The van der Waals surface area contributed by atoms with Crippen LogP contribution in [0.4, 0.5) is 17.1 Å². The van der Waals surface area contributed by atoms with Crippen molar-refractivity contribution in [3.63, 3.8) is 0 Å². The Hall–Kier alpha value is -6.64. The summed E-state index contributed by atoms with van der Waals surface area (Å²) in [6.45, 7) is 0. The van der Waals surface area contributed by atoms with Crippen molar-refractivity contribution in [3.05, 3.63) is 188 Å². The minimum atomic E-state index is -0.496. The minimum absolute atomic E-state index is 0.00257. The fraction of sp³-hybridized carbons (Fsp3) is 0. The zero-order chi connectivity index (χ0) is 39.1. The van der Waals surface area contributed by atoms with Crippen molar-refractivity contribution in [2.45, 2.75) is 0 Å². The highest BCUT2D eigenvalue weighted by Gasteiger charge is 2.19. The van der Waals surface area contributed by atoms with Crippen LogP contribution in [0.1, 0.15) is 9.60 Å². The minimum Gasteiger partial charge on any atom is -0.455 e. The van der Waals surface area contributed by atoms with E-state index in [2.05, 4.69) is 54.6 Å². The maximum atomic E-state index is 9.41. The van der Waals surface area contributed by atoms with Crippen LogP contribution < -0.4 is 4.90 Å². The fourth-order valence-corrected chi connectivity index (χ4v) is 7.27. The third-order valence-electron chi connectivity index (χ3n) is 9.52. The van der Waals surface area contributed by atoms with Gasteiger partial charge in [-0.25, -0.2) is 0 Å². The molecule has 0 amide bonds. The average Bonchev–Trinajstić information content (AvgIpc) is 3.64. The van der Waals surface area contributed by atoms with Crippen molar-refractivity contribution in [1.29, 1.82) is 0 Å². The molecule has 0 unspecified atom stereocenters. The molecule has 0 fully saturated rings. The van der Waals surface area contributed by atoms with Gasteiger partial charge in [-0.3, -0.25) is 0 Å². The van der Waals surface area contributed by atoms with Crippen molar-refractivity contribution in [1.82, 2.24) is 0 Å². The zero-order valence-electron chi connectivity index (χ0n) is 33.7. The number of fused-ring (bicyclic) bond motifs is 7. The molecule has 0 saturated heterocycles. The van der Waals surface area contributed by atoms with E-state index in [1.807, 2.05) is 91.0 Å². The predicted molar refractivity (Wildman–Crippen MR) is 212 cm³/mol. The third-order valence-corrected chi connectivity index (χ3v) is 9.52. The van der Waals surface area contributed by atoms with E-state index in [0.29, 0.717) is 11.4 Å². The van der Waals surface area contributed by atoms with Crippen LogP contribution in [0.2, 0.25) is 0 Å². The summed E-state index contributed by atoms with van der Waals surface area (Å²) >= 11 is 0. The highest BCUT2D eigenvalue weighted by atomic mass is 16.3. The van der Waals surface area contributed by atoms with Gasteiger partial charge >= 0.3 is 0 Å². The van der Waals surface area contributed by atoms with E-state index in [1.165, 1.54) is 0 Å². The van der Waals surface area contributed by atoms with Crippen molar-refractivity contribution < 1.29 is 14.0 Å². The standard InChI is InChI=1S/C48H31NO/c1-4-21-39-32(12-1)15-9-24-40(39)35-17-7-19-37(30-35)49(45-26-10-16-33-13-2-5-22-41(33)45)38-20-8-18-36(31-38)42-25-11-27-46-47(42)44-29-28-34-14-3-6-23-43(34)48(44)50-46/h1-31H/i2D,5D,10D,13D,16D,22D,26D. The Morgan fingerprint density at radius 3 is 1.92 bits per heavy atom. The molecule has 10 aromatic rings. The second-order valence-corrected chi connectivity index (χ2v) is 12.4. The van der Waals surface area contributed by atoms with Gasteiger partial charge in [0.1, 0.15) is 11.2 Å². The highest BCUT2D eigenvalue weighted by molar-refractivity contribution is 6.19. The monoisotopic (exact) mass is 644 g/mol. The molecule has 1 aromatic heterocycles. The molecule has 0 radical (unpaired) electrons. The molecule has 9 aromatic carbocycles. The SMILES string of the molecule is [2H]c1c([2H])c([2H])c2c(N(c3cccc(-c4cccc5ccccc45)c3)c3cccc(-c4cccc5oc6c7ccccc7ccc6c45)c3)c([2H])c([2H])c([2H])c2c1[2H]. The smallest absolute Gasteiger partial charge is 0.143 e. The van der Waals surface area contributed by atoms with Gasteiger partial charge in [-0.1, -0.05) is 145 Å². The lowest BCUT2D eigenvalue weighted by Gasteiger charge is -2.28. The molecule has 2 heteroatoms. The Balaban J connectivity index is 1.26. The van der Waals surface area contributed by atoms with Gasteiger partial charge in [-0.15, -0.1) is 0 Å². The maximum Gasteiger partial charge on any atom is 0.143 e. The average molecular weight is 645 g/mol. The maximum absolute atomic E-state index is 9.41. The van der Waals surface area contributed by atoms with Crippen molar-refractivity contribution in [3.8, 4) is 22.3 Å². The molecule has 0 aliphatic rings. The first-order valence-electron chi connectivity index (χ1n) is 20.0. The largest absolute Gasteiger partial charge is 0.455 e. The van der Waals surface area contributed by atoms with Gasteiger partial charge in [0.15, 0.2) is 0 Å². The molecule has 0 saturated carbocycles. The van der Waals surface area contributed by atoms with E-state index < -0.39 is 30.2 Å². The first-order chi connectivity index (χ1) is 27.7. The van der Waals surface area contributed by atoms with Crippen LogP contribution in [0.25, 0.3) is 76.5 Å². The molecule has 0 bridgehead atoms. The predicted octanol–water partition coefficient (Wildman–Crippen LogP) is 13.8. The van der Waals surface area contributed by atoms with Gasteiger partial charge in [0.25, 0.3) is 0 Å². The lowest BCUT2D eigenvalue weighted by molar-refractivity contribution is 0.673. The zero-order valence-corrected chi connectivity index (χ0v) is 26.7. The normalized spacial score (nSPS) is 13.6. The summed E-state index contributed by atoms with van der Waals surface area (Å²) in [7, 11) is 0. The summed E-state index contributed by atoms with van der Waals surface area (Å²) < 4.78 is 68.8. The van der Waals surface area contributed by atoms with Crippen LogP contribution in [0.3, 0.4) is 0 Å². The molecule has 0 N–H and O–H groups in total. The van der Waals surface area contributed by atoms with Crippen LogP contribution in [0, 0.1) is 0 Å². The second kappa shape index (κ2) is 11.5. The highest BCUT2D eigenvalue weighted by Crippen LogP contribution is 2.44. The molecule has 2 nitrogen and oxygen atoms in total. The summed E-state index contributed by atoms with van der Waals surface area (Å²) in [5.74, 6) is 0. The van der Waals surface area contributed by atoms with E-state index in [1.54, 1.807) is 4.90 Å². The number of hydrogen-bond acceptors (Lipinski definition) is 2. The molecule has 234 valence electrons. The first-order valence-corrected chi connectivity index (χ1v) is 16.5. The van der Waals surface area contributed by atoms with E-state index in [9.17, 15) is 1.37 Å². The van der Waals surface area contributed by atoms with Crippen LogP contribution in [0.5, 0.6) is 0 Å². The van der Waals surface area contributed by atoms with Crippen LogP contribution in [0.15, 0.2) is 192 Å². The summed E-state index contributed by atoms with van der Waals surface area (Å²) in [6, 6.07) is 45.3. The second-order valence-electron chi connectivity index (χ2n) is 12.4. The molecular formula is C48H31NO. The number of rotatable bonds is 5. The Kier molecular flexibility index (Phi) is 5.08. The van der Waals surface area contributed by atoms with Crippen LogP contribution in [-0.2, 0) is 0 Å². The van der Waals surface area contributed by atoms with E-state index in [4.69, 9.17) is 12.6 Å². The summed E-state index contributed by atoms with van der Waals surface area (Å²) in [5.41, 5.74) is 6.50. The summed E-state index contributed by atoms with van der Waals surface area (Å²) in [4.78, 5) is 1.79. The molecule has 10 rings (SSSR count). The van der Waals surface area contributed by atoms with Gasteiger partial charge in [-0.05, 0) is 86.2 Å². The van der Waals surface area contributed by atoms with Crippen molar-refractivity contribution in [2.24, 2.45) is 0 Å². The number of benzene rings is 9. The Morgan fingerprint density at radius 2 is 1.08 bits per heavy atom. The Labute approximate surface area is 299 Å². The first kappa shape index (κ1) is 22.1. The van der Waals surface area contributed by atoms with Crippen LogP contribution >= 0.6 is 0 Å². The molecule has 0 atom stereocenters. The molecule has 0 aliphatic heterocycles. The third kappa shape index (κ3) is 4.57. The van der Waals surface area contributed by atoms with E-state index >= 15 is 0 Å². The molecule has 0 aliphatic carbocycles. The molecular weight excluding hydrogens is 607 g/mol. The lowest BCUT2D eigenvalue weighted by Crippen LogP contribution is -2.10. The topological polar surface area (TPSA) is 16.4 Å². The van der Waals surface area contributed by atoms with Crippen molar-refractivity contribution in [2.75, 3.05) is 4.90 Å². The van der Waals surface area contributed by atoms with E-state index in [-0.39, 0.29) is 28.5 Å². The molecule has 1 heterocycles. The number of furan rings is 1. The number of nitrogens with zero attached hydrogens (tertiary/aromatic N) is 1. The lowest BCUT2D eigenvalue weighted by atomic mass is 9.96. The Bertz CT molecular complexity index is 3290. The quantitative estimate of drug-likeness (QED) is 0.185.